The second-order valence-corrected chi connectivity index (χ2v) is 9.15. The Morgan fingerprint density at radius 2 is 1.97 bits per heavy atom. The monoisotopic (exact) mass is 444 g/mol. The van der Waals surface area contributed by atoms with Crippen LogP contribution in [0.15, 0.2) is 61.5 Å². The molecule has 4 atom stereocenters. The van der Waals surface area contributed by atoms with E-state index in [-0.39, 0.29) is 23.0 Å². The highest BCUT2D eigenvalue weighted by atomic mass is 19.1. The number of phenolic OH excluding ortho intramolecular Hbond substituents is 1. The number of halogens is 1. The maximum absolute atomic E-state index is 15.0. The summed E-state index contributed by atoms with van der Waals surface area (Å²) in [6.07, 6.45) is 7.86. The smallest absolute Gasteiger partial charge is 0.213 e. The van der Waals surface area contributed by atoms with Crippen molar-refractivity contribution < 1.29 is 14.2 Å². The highest BCUT2D eigenvalue weighted by molar-refractivity contribution is 5.74. The van der Waals surface area contributed by atoms with Crippen molar-refractivity contribution in [3.8, 4) is 34.0 Å². The van der Waals surface area contributed by atoms with Crippen molar-refractivity contribution >= 4 is 5.57 Å². The molecule has 2 aromatic heterocycles. The van der Waals surface area contributed by atoms with Crippen LogP contribution in [-0.2, 0) is 0 Å². The van der Waals surface area contributed by atoms with Crippen LogP contribution in [0, 0.1) is 17.3 Å². The van der Waals surface area contributed by atoms with Crippen molar-refractivity contribution in [2.45, 2.75) is 25.9 Å². The van der Waals surface area contributed by atoms with Crippen LogP contribution in [0.4, 0.5) is 4.39 Å². The van der Waals surface area contributed by atoms with Crippen LogP contribution in [0.2, 0.25) is 0 Å². The van der Waals surface area contributed by atoms with Crippen molar-refractivity contribution in [3.05, 3.63) is 67.3 Å². The van der Waals surface area contributed by atoms with Crippen molar-refractivity contribution in [3.63, 3.8) is 0 Å². The van der Waals surface area contributed by atoms with Gasteiger partial charge in [0, 0.05) is 29.7 Å². The molecule has 1 aromatic carbocycles. The van der Waals surface area contributed by atoms with Gasteiger partial charge in [0.15, 0.2) is 5.82 Å². The molecule has 0 radical (unpaired) electrons. The first-order valence-electron chi connectivity index (χ1n) is 10.9. The van der Waals surface area contributed by atoms with Crippen LogP contribution in [0.3, 0.4) is 0 Å². The Kier molecular flexibility index (Phi) is 5.19. The topological polar surface area (TPSA) is 81.0 Å². The summed E-state index contributed by atoms with van der Waals surface area (Å²) in [4.78, 5) is 8.51. The summed E-state index contributed by atoms with van der Waals surface area (Å²) in [6, 6.07) is 8.92. The molecular formula is C26H25FN4O2. The number of nitrogens with zero attached hydrogens (tertiary/aromatic N) is 4. The van der Waals surface area contributed by atoms with Crippen molar-refractivity contribution in [2.24, 2.45) is 17.3 Å². The number of hydrogen-bond acceptors (Lipinski definition) is 6. The van der Waals surface area contributed by atoms with E-state index in [2.05, 4.69) is 39.7 Å². The fourth-order valence-corrected chi connectivity index (χ4v) is 4.97. The normalized spacial score (nSPS) is 25.7. The summed E-state index contributed by atoms with van der Waals surface area (Å²) in [5, 5.41) is 19.1. The third-order valence-electron chi connectivity index (χ3n) is 6.77. The third-order valence-corrected chi connectivity index (χ3v) is 6.77. The Bertz CT molecular complexity index is 1240. The molecule has 1 saturated carbocycles. The molecule has 33 heavy (non-hydrogen) atoms. The van der Waals surface area contributed by atoms with E-state index < -0.39 is 6.17 Å². The number of aromatic nitrogens is 4. The molecule has 2 heterocycles. The summed E-state index contributed by atoms with van der Waals surface area (Å²) >= 11 is 0. The van der Waals surface area contributed by atoms with Gasteiger partial charge >= 0.3 is 0 Å². The first kappa shape index (κ1) is 21.2. The molecule has 1 N–H and O–H groups in total. The van der Waals surface area contributed by atoms with Gasteiger partial charge in [-0.2, -0.15) is 0 Å². The highest BCUT2D eigenvalue weighted by Crippen LogP contribution is 2.52. The Balaban J connectivity index is 1.37. The van der Waals surface area contributed by atoms with Gasteiger partial charge in [-0.15, -0.1) is 10.2 Å². The molecule has 6 nitrogen and oxygen atoms in total. The zero-order chi connectivity index (χ0) is 23.2. The molecule has 0 spiro atoms. The number of aromatic hydroxyl groups is 1. The number of pyridine rings is 1. The minimum absolute atomic E-state index is 0.000597. The van der Waals surface area contributed by atoms with Crippen molar-refractivity contribution in [2.75, 3.05) is 7.11 Å². The molecule has 3 aromatic rings. The molecule has 2 aliphatic carbocycles. The fourth-order valence-electron chi connectivity index (χ4n) is 4.97. The molecule has 168 valence electrons. The molecule has 0 amide bonds. The van der Waals surface area contributed by atoms with E-state index in [9.17, 15) is 5.11 Å². The molecular weight excluding hydrogens is 419 g/mol. The quantitative estimate of drug-likeness (QED) is 0.540. The lowest BCUT2D eigenvalue weighted by atomic mass is 9.68. The van der Waals surface area contributed by atoms with Gasteiger partial charge in [-0.3, -0.25) is 0 Å². The van der Waals surface area contributed by atoms with Crippen LogP contribution in [0.25, 0.3) is 28.0 Å². The van der Waals surface area contributed by atoms with Crippen LogP contribution < -0.4 is 4.74 Å². The average Bonchev–Trinajstić information content (AvgIpc) is 3.18. The minimum Gasteiger partial charge on any atom is -0.507 e. The number of hydrogen-bond donors (Lipinski definition) is 1. The summed E-state index contributed by atoms with van der Waals surface area (Å²) in [6.45, 7) is 6.27. The van der Waals surface area contributed by atoms with Gasteiger partial charge in [0.25, 0.3) is 0 Å². The van der Waals surface area contributed by atoms with Gasteiger partial charge in [-0.05, 0) is 53.2 Å². The number of benzene rings is 1. The number of ether oxygens (including phenoxy) is 1. The van der Waals surface area contributed by atoms with Crippen molar-refractivity contribution in [1.82, 2.24) is 20.2 Å². The van der Waals surface area contributed by atoms with E-state index in [1.165, 1.54) is 0 Å². The van der Waals surface area contributed by atoms with Crippen LogP contribution >= 0.6 is 0 Å². The molecule has 1 fully saturated rings. The lowest BCUT2D eigenvalue weighted by Crippen LogP contribution is -2.35. The van der Waals surface area contributed by atoms with Gasteiger partial charge in [0.1, 0.15) is 17.6 Å². The SMILES string of the molecule is C=C(c1ncc(-c2ccc(-c3ccnc(OC)c3)cc2O)nn1)[C@@H]1C[C@@]2(C)C=C[C@H](C2)[C@@H]1F. The number of alkyl halides is 1. The van der Waals surface area contributed by atoms with Crippen LogP contribution in [-0.4, -0.2) is 38.6 Å². The number of phenols is 1. The van der Waals surface area contributed by atoms with Gasteiger partial charge in [0.2, 0.25) is 5.88 Å². The second-order valence-electron chi connectivity index (χ2n) is 9.15. The zero-order valence-corrected chi connectivity index (χ0v) is 18.6. The predicted molar refractivity (Wildman–Crippen MR) is 124 cm³/mol. The first-order chi connectivity index (χ1) is 15.9. The molecule has 0 saturated heterocycles. The minimum atomic E-state index is -0.990. The molecule has 5 rings (SSSR count). The van der Waals surface area contributed by atoms with Gasteiger partial charge < -0.3 is 9.84 Å². The summed E-state index contributed by atoms with van der Waals surface area (Å²) in [7, 11) is 1.56. The first-order valence-corrected chi connectivity index (χ1v) is 10.9. The van der Waals surface area contributed by atoms with Gasteiger partial charge in [0.05, 0.1) is 13.3 Å². The molecule has 2 bridgehead atoms. The number of fused-ring (bicyclic) bond motifs is 2. The summed E-state index contributed by atoms with van der Waals surface area (Å²) in [5.74, 6) is 0.483. The van der Waals surface area contributed by atoms with Gasteiger partial charge in [-0.25, -0.2) is 14.4 Å². The Morgan fingerprint density at radius 3 is 2.70 bits per heavy atom. The number of rotatable bonds is 5. The average molecular weight is 445 g/mol. The third kappa shape index (κ3) is 3.88. The largest absolute Gasteiger partial charge is 0.507 e. The maximum atomic E-state index is 15.0. The van der Waals surface area contributed by atoms with E-state index in [1.54, 1.807) is 37.7 Å². The van der Waals surface area contributed by atoms with Crippen LogP contribution in [0.5, 0.6) is 11.6 Å². The van der Waals surface area contributed by atoms with Crippen LogP contribution in [0.1, 0.15) is 25.6 Å². The van der Waals surface area contributed by atoms with E-state index >= 15 is 4.39 Å². The van der Waals surface area contributed by atoms with E-state index in [0.29, 0.717) is 35.0 Å². The van der Waals surface area contributed by atoms with E-state index in [4.69, 9.17) is 4.74 Å². The highest BCUT2D eigenvalue weighted by Gasteiger charge is 2.46. The Morgan fingerprint density at radius 1 is 1.15 bits per heavy atom. The Hall–Kier alpha value is -3.61. The molecule has 0 unspecified atom stereocenters. The maximum Gasteiger partial charge on any atom is 0.213 e. The zero-order valence-electron chi connectivity index (χ0n) is 18.6. The lowest BCUT2D eigenvalue weighted by Gasteiger charge is -2.38. The van der Waals surface area contributed by atoms with E-state index in [0.717, 1.165) is 17.5 Å². The standard InChI is InChI=1S/C26H25FN4O2/c1-15(20-13-26(2)8-6-18(12-26)24(20)27)25-29-14-21(30-31-25)19-5-4-16(10-22(19)32)17-7-9-28-23(11-17)33-3/h4-11,14,18,20,24,32H,1,12-13H2,2-3H3/t18-,20+,24+,26+/m1/s1. The number of allylic oxidation sites excluding steroid dienone is 3. The summed E-state index contributed by atoms with van der Waals surface area (Å²) in [5.41, 5.74) is 3.19. The predicted octanol–water partition coefficient (Wildman–Crippen LogP) is 5.27. The molecule has 7 heteroatoms. The Labute approximate surface area is 191 Å². The second kappa shape index (κ2) is 8.06. The molecule has 0 aliphatic heterocycles. The lowest BCUT2D eigenvalue weighted by molar-refractivity contribution is 0.108. The van der Waals surface area contributed by atoms with Gasteiger partial charge in [-0.1, -0.05) is 31.7 Å². The molecule has 2 aliphatic rings. The number of methoxy groups -OCH3 is 1. The fraction of sp³-hybridized carbons (Fsp3) is 0.308. The van der Waals surface area contributed by atoms with E-state index in [1.807, 2.05) is 18.2 Å². The summed E-state index contributed by atoms with van der Waals surface area (Å²) < 4.78 is 20.2. The van der Waals surface area contributed by atoms with Crippen molar-refractivity contribution in [1.29, 1.82) is 0 Å².